The van der Waals surface area contributed by atoms with Crippen LogP contribution >= 0.6 is 0 Å². The molecule has 1 fully saturated rings. The zero-order valence-corrected chi connectivity index (χ0v) is 25.8. The summed E-state index contributed by atoms with van der Waals surface area (Å²) in [5.41, 5.74) is 8.03. The van der Waals surface area contributed by atoms with Crippen LogP contribution in [0.4, 0.5) is 0 Å². The predicted molar refractivity (Wildman–Crippen MR) is 165 cm³/mol. The monoisotopic (exact) mass is 566 g/mol. The number of imidazole rings is 1. The first-order chi connectivity index (χ1) is 20.1. The number of aromatic nitrogens is 2. The maximum atomic E-state index is 13.8. The van der Waals surface area contributed by atoms with Gasteiger partial charge >= 0.3 is 0 Å². The number of carbonyl (C=O) groups is 2. The Bertz CT molecular complexity index is 1510. The standard InChI is InChI=1S/C34H42N6O2/c1-21(2)39-15-11-30-31(12-16-39)37-32(36-30)27-19-28(23(4)17-22(27)3)34(42)40-13-9-24(10-14-40)25-7-8-26(20-35)29(18-25)33(41)38(5)6/h7-8,17-19,21,24H,9-16H2,1-6H3,(H,36,37). The molecule has 220 valence electrons. The second-order valence-electron chi connectivity index (χ2n) is 12.3. The molecule has 5 rings (SSSR count). The Kier molecular flexibility index (Phi) is 8.51. The third-order valence-electron chi connectivity index (χ3n) is 8.99. The molecule has 0 unspecified atom stereocenters. The Labute approximate surface area is 249 Å². The molecule has 1 saturated heterocycles. The lowest BCUT2D eigenvalue weighted by atomic mass is 9.87. The summed E-state index contributed by atoms with van der Waals surface area (Å²) < 4.78 is 0. The second-order valence-corrected chi connectivity index (χ2v) is 12.3. The second kappa shape index (κ2) is 12.1. The van der Waals surface area contributed by atoms with E-state index in [-0.39, 0.29) is 17.7 Å². The maximum absolute atomic E-state index is 13.8. The number of nitrogens with one attached hydrogen (secondary N) is 1. The molecule has 2 amide bonds. The van der Waals surface area contributed by atoms with Crippen molar-refractivity contribution in [3.63, 3.8) is 0 Å². The summed E-state index contributed by atoms with van der Waals surface area (Å²) in [4.78, 5) is 41.0. The minimum Gasteiger partial charge on any atom is -0.345 e. The van der Waals surface area contributed by atoms with Gasteiger partial charge in [-0.05, 0) is 81.3 Å². The Balaban J connectivity index is 1.31. The molecule has 2 aliphatic heterocycles. The van der Waals surface area contributed by atoms with Crippen LogP contribution in [0.1, 0.15) is 87.0 Å². The number of aryl methyl sites for hydroxylation is 2. The summed E-state index contributed by atoms with van der Waals surface area (Å²) in [5.74, 6) is 0.968. The number of H-pyrrole nitrogens is 1. The quantitative estimate of drug-likeness (QED) is 0.464. The molecule has 1 N–H and O–H groups in total. The van der Waals surface area contributed by atoms with E-state index in [1.54, 1.807) is 20.2 Å². The molecule has 0 atom stereocenters. The van der Waals surface area contributed by atoms with E-state index in [1.807, 2.05) is 30.0 Å². The van der Waals surface area contributed by atoms with Crippen LogP contribution in [0.5, 0.6) is 0 Å². The Hall–Kier alpha value is -3.96. The summed E-state index contributed by atoms with van der Waals surface area (Å²) in [6, 6.07) is 12.4. The van der Waals surface area contributed by atoms with Gasteiger partial charge in [0.1, 0.15) is 5.82 Å². The number of nitrogens with zero attached hydrogens (tertiary/aromatic N) is 5. The molecule has 0 radical (unpaired) electrons. The zero-order valence-electron chi connectivity index (χ0n) is 25.8. The summed E-state index contributed by atoms with van der Waals surface area (Å²) in [7, 11) is 3.39. The zero-order chi connectivity index (χ0) is 30.1. The molecule has 42 heavy (non-hydrogen) atoms. The molecule has 0 spiro atoms. The molecule has 8 nitrogen and oxygen atoms in total. The SMILES string of the molecule is Cc1cc(C)c(-c2nc3c([nH]2)CCN(C(C)C)CC3)cc1C(=O)N1CCC(c2ccc(C#N)c(C(=O)N(C)C)c2)CC1. The minimum atomic E-state index is -0.169. The fourth-order valence-electron chi connectivity index (χ4n) is 6.37. The highest BCUT2D eigenvalue weighted by Crippen LogP contribution is 2.32. The molecule has 0 aliphatic carbocycles. The van der Waals surface area contributed by atoms with Crippen molar-refractivity contribution in [1.82, 2.24) is 24.7 Å². The lowest BCUT2D eigenvalue weighted by Crippen LogP contribution is -2.38. The fourth-order valence-corrected chi connectivity index (χ4v) is 6.37. The first-order valence-corrected chi connectivity index (χ1v) is 15.1. The average Bonchev–Trinajstić information content (AvgIpc) is 3.27. The van der Waals surface area contributed by atoms with E-state index in [0.717, 1.165) is 78.1 Å². The summed E-state index contributed by atoms with van der Waals surface area (Å²) in [5, 5.41) is 9.50. The van der Waals surface area contributed by atoms with Crippen molar-refractivity contribution in [3.8, 4) is 17.5 Å². The molecule has 0 bridgehead atoms. The number of aromatic amines is 1. The van der Waals surface area contributed by atoms with Gasteiger partial charge in [0.2, 0.25) is 0 Å². The number of fused-ring (bicyclic) bond motifs is 1. The van der Waals surface area contributed by atoms with Crippen LogP contribution < -0.4 is 0 Å². The van der Waals surface area contributed by atoms with Gasteiger partial charge in [0.15, 0.2) is 0 Å². The van der Waals surface area contributed by atoms with Crippen molar-refractivity contribution in [2.45, 2.75) is 65.3 Å². The maximum Gasteiger partial charge on any atom is 0.254 e. The fraction of sp³-hybridized carbons (Fsp3) is 0.471. The predicted octanol–water partition coefficient (Wildman–Crippen LogP) is 5.10. The van der Waals surface area contributed by atoms with E-state index in [9.17, 15) is 14.9 Å². The van der Waals surface area contributed by atoms with Gasteiger partial charge in [0, 0.05) is 76.0 Å². The van der Waals surface area contributed by atoms with Crippen LogP contribution in [0.15, 0.2) is 30.3 Å². The van der Waals surface area contributed by atoms with E-state index < -0.39 is 0 Å². The summed E-state index contributed by atoms with van der Waals surface area (Å²) >= 11 is 0. The van der Waals surface area contributed by atoms with Crippen molar-refractivity contribution >= 4 is 11.8 Å². The van der Waals surface area contributed by atoms with Crippen LogP contribution in [0.2, 0.25) is 0 Å². The van der Waals surface area contributed by atoms with Gasteiger partial charge in [0.05, 0.1) is 22.9 Å². The average molecular weight is 567 g/mol. The lowest BCUT2D eigenvalue weighted by Gasteiger charge is -2.33. The number of piperidine rings is 1. The topological polar surface area (TPSA) is 96.3 Å². The Morgan fingerprint density at radius 1 is 1.00 bits per heavy atom. The minimum absolute atomic E-state index is 0.0520. The van der Waals surface area contributed by atoms with Crippen molar-refractivity contribution in [2.75, 3.05) is 40.3 Å². The highest BCUT2D eigenvalue weighted by molar-refractivity contribution is 5.97. The first kappa shape index (κ1) is 29.5. The van der Waals surface area contributed by atoms with Crippen LogP contribution in [-0.2, 0) is 12.8 Å². The van der Waals surface area contributed by atoms with Gasteiger partial charge in [-0.25, -0.2) is 4.98 Å². The Morgan fingerprint density at radius 3 is 2.38 bits per heavy atom. The number of rotatable bonds is 5. The normalized spacial score (nSPS) is 16.2. The van der Waals surface area contributed by atoms with Crippen molar-refractivity contribution < 1.29 is 9.59 Å². The van der Waals surface area contributed by atoms with Crippen molar-refractivity contribution in [2.24, 2.45) is 0 Å². The molecule has 2 aromatic carbocycles. The summed E-state index contributed by atoms with van der Waals surface area (Å²) in [6.45, 7) is 11.9. The van der Waals surface area contributed by atoms with Gasteiger partial charge in [-0.3, -0.25) is 9.59 Å². The summed E-state index contributed by atoms with van der Waals surface area (Å²) in [6.07, 6.45) is 3.50. The van der Waals surface area contributed by atoms with Crippen LogP contribution in [0.25, 0.3) is 11.4 Å². The molecule has 2 aliphatic rings. The number of benzene rings is 2. The van der Waals surface area contributed by atoms with E-state index in [2.05, 4.69) is 42.8 Å². The number of amides is 2. The highest BCUT2D eigenvalue weighted by atomic mass is 16.2. The van der Waals surface area contributed by atoms with Gasteiger partial charge < -0.3 is 19.7 Å². The molecular weight excluding hydrogens is 524 g/mol. The van der Waals surface area contributed by atoms with Gasteiger partial charge in [0.25, 0.3) is 11.8 Å². The Morgan fingerprint density at radius 2 is 1.71 bits per heavy atom. The first-order valence-electron chi connectivity index (χ1n) is 15.1. The highest BCUT2D eigenvalue weighted by Gasteiger charge is 2.28. The number of carbonyl (C=O) groups excluding carboxylic acids is 2. The molecule has 0 saturated carbocycles. The smallest absolute Gasteiger partial charge is 0.254 e. The van der Waals surface area contributed by atoms with Gasteiger partial charge in [-0.1, -0.05) is 12.1 Å². The van der Waals surface area contributed by atoms with Crippen molar-refractivity contribution in [3.05, 3.63) is 75.1 Å². The number of nitriles is 1. The number of likely N-dealkylation sites (tertiary alicyclic amines) is 1. The van der Waals surface area contributed by atoms with E-state index in [1.165, 1.54) is 10.6 Å². The molecule has 3 aromatic rings. The third kappa shape index (κ3) is 5.84. The molecule has 1 aromatic heterocycles. The molecule has 8 heteroatoms. The van der Waals surface area contributed by atoms with Crippen LogP contribution in [0, 0.1) is 25.2 Å². The number of hydrogen-bond donors (Lipinski definition) is 1. The van der Waals surface area contributed by atoms with Crippen LogP contribution in [-0.4, -0.2) is 82.8 Å². The van der Waals surface area contributed by atoms with Gasteiger partial charge in [-0.15, -0.1) is 0 Å². The van der Waals surface area contributed by atoms with Gasteiger partial charge in [-0.2, -0.15) is 5.26 Å². The third-order valence-corrected chi connectivity index (χ3v) is 8.99. The van der Waals surface area contributed by atoms with E-state index in [4.69, 9.17) is 4.98 Å². The van der Waals surface area contributed by atoms with Crippen LogP contribution in [0.3, 0.4) is 0 Å². The largest absolute Gasteiger partial charge is 0.345 e. The lowest BCUT2D eigenvalue weighted by molar-refractivity contribution is 0.0712. The number of hydrogen-bond acceptors (Lipinski definition) is 5. The molecular formula is C34H42N6O2. The molecule has 3 heterocycles. The van der Waals surface area contributed by atoms with E-state index in [0.29, 0.717) is 30.3 Å². The van der Waals surface area contributed by atoms with E-state index >= 15 is 0 Å². The van der Waals surface area contributed by atoms with Crippen molar-refractivity contribution in [1.29, 1.82) is 5.26 Å².